The van der Waals surface area contributed by atoms with Gasteiger partial charge in [0.25, 0.3) is 0 Å². The van der Waals surface area contributed by atoms with Crippen molar-refractivity contribution in [1.29, 1.82) is 0 Å². The molecule has 2 nitrogen and oxygen atoms in total. The van der Waals surface area contributed by atoms with Crippen molar-refractivity contribution in [3.05, 3.63) is 24.3 Å². The number of hydrogen-bond donors (Lipinski definition) is 1. The average Bonchev–Trinajstić information content (AvgIpc) is 1.66. The van der Waals surface area contributed by atoms with Crippen LogP contribution < -0.4 is 37.2 Å². The normalized spacial score (nSPS) is 7.42. The molecule has 0 spiro atoms. The Kier molecular flexibility index (Phi) is 55.2. The van der Waals surface area contributed by atoms with Crippen LogP contribution in [0, 0.1) is 0 Å². The third-order valence-electron chi connectivity index (χ3n) is 0.542. The zero-order valence-corrected chi connectivity index (χ0v) is 9.80. The average molecular weight is 245 g/mol. The molecule has 0 amide bonds. The van der Waals surface area contributed by atoms with Crippen molar-refractivity contribution in [1.82, 2.24) is 0 Å². The fraction of sp³-hybridized carbons (Fsp3) is 0.167. The van der Waals surface area contributed by atoms with Gasteiger partial charge < -0.3 is 42.3 Å². The predicted octanol–water partition coefficient (Wildman–Crippen LogP) is -8.17. The van der Waals surface area contributed by atoms with Crippen LogP contribution in [0.25, 0.3) is 0 Å². The van der Waals surface area contributed by atoms with E-state index in [1.165, 1.54) is 6.08 Å². The largest absolute Gasteiger partial charge is 3.00 e. The van der Waals surface area contributed by atoms with Gasteiger partial charge >= 0.3 is 23.3 Å². The second-order valence-corrected chi connectivity index (χ2v) is 1.22. The van der Waals surface area contributed by atoms with Crippen molar-refractivity contribution in [3.8, 4) is 0 Å². The first kappa shape index (κ1) is 29.4. The third kappa shape index (κ3) is 31.6. The first-order valence-corrected chi connectivity index (χ1v) is 2.29. The van der Waals surface area contributed by atoms with Gasteiger partial charge in [-0.1, -0.05) is 18.2 Å². The van der Waals surface area contributed by atoms with E-state index in [-0.39, 0.29) is 54.6 Å². The van der Waals surface area contributed by atoms with Crippen molar-refractivity contribution in [3.63, 3.8) is 0 Å². The fourth-order valence-electron chi connectivity index (χ4n) is 0.249. The third-order valence-corrected chi connectivity index (χ3v) is 0.542. The summed E-state index contributed by atoms with van der Waals surface area (Å²) >= 11 is 0. The van der Waals surface area contributed by atoms with Crippen LogP contribution in [0.3, 0.4) is 0 Å². The first-order valence-electron chi connectivity index (χ1n) is 2.29. The van der Waals surface area contributed by atoms with Gasteiger partial charge in [0, 0.05) is 6.08 Å². The van der Waals surface area contributed by atoms with Gasteiger partial charge in [-0.15, -0.1) is 0 Å². The molecule has 0 aromatic heterocycles. The van der Waals surface area contributed by atoms with E-state index < -0.39 is 5.97 Å². The molecule has 0 unspecified atom stereocenters. The first-order chi connectivity index (χ1) is 3.77. The minimum absolute atomic E-state index is 0. The van der Waals surface area contributed by atoms with Crippen LogP contribution in [-0.2, 0) is 4.79 Å². The smallest absolute Gasteiger partial charge is 1.00 e. The van der Waals surface area contributed by atoms with E-state index in [0.717, 1.165) is 6.08 Å². The molecule has 0 bridgehead atoms. The summed E-state index contributed by atoms with van der Waals surface area (Å²) in [6.07, 6.45) is 5.98. The summed E-state index contributed by atoms with van der Waals surface area (Å²) in [4.78, 5) is 9.75. The Morgan fingerprint density at radius 2 is 1.58 bits per heavy atom. The molecule has 0 aromatic carbocycles. The Morgan fingerprint density at radius 1 is 1.17 bits per heavy atom. The number of carbonyl (C=O) groups is 1. The molecule has 0 heterocycles. The maximum absolute atomic E-state index is 9.75. The number of carboxylic acids is 1. The molecule has 0 aliphatic rings. The molecule has 1 N–H and O–H groups in total. The molecule has 0 radical (unpaired) electrons. The quantitative estimate of drug-likeness (QED) is 0.298. The summed E-state index contributed by atoms with van der Waals surface area (Å²) in [5, 5.41) is 8.02. The zero-order valence-electron chi connectivity index (χ0n) is 6.38. The second kappa shape index (κ2) is 22.5. The van der Waals surface area contributed by atoms with Gasteiger partial charge in [0.15, 0.2) is 0 Å². The van der Waals surface area contributed by atoms with Gasteiger partial charge in [0.05, 0.1) is 0 Å². The number of carboxylic acid groups (broad SMARTS) is 1. The van der Waals surface area contributed by atoms with E-state index in [2.05, 4.69) is 0 Å². The molecule has 12 heavy (non-hydrogen) atoms. The Labute approximate surface area is 101 Å². The van der Waals surface area contributed by atoms with E-state index in [9.17, 15) is 4.79 Å². The molecule has 0 aliphatic carbocycles. The maximum Gasteiger partial charge on any atom is 3.00 e. The van der Waals surface area contributed by atoms with Crippen molar-refractivity contribution in [2.75, 3.05) is 0 Å². The van der Waals surface area contributed by atoms with E-state index >= 15 is 0 Å². The standard InChI is InChI=1S/C6H8O2.Al.3ClH/c1-2-3-4-5-6(7)8;;;;/h2-5H,1H3,(H,7,8);;3*1H/q;+3;;;/p-3/b3-2+,5-4+;;;;. The summed E-state index contributed by atoms with van der Waals surface area (Å²) in [7, 11) is 0. The van der Waals surface area contributed by atoms with E-state index in [1.807, 2.05) is 6.92 Å². The van der Waals surface area contributed by atoms with Crippen LogP contribution in [0.1, 0.15) is 6.92 Å². The van der Waals surface area contributed by atoms with E-state index in [4.69, 9.17) is 5.11 Å². The maximum atomic E-state index is 9.75. The summed E-state index contributed by atoms with van der Waals surface area (Å²) < 4.78 is 0. The monoisotopic (exact) mass is 244 g/mol. The number of allylic oxidation sites excluding steroid dienone is 3. The van der Waals surface area contributed by atoms with Crippen molar-refractivity contribution in [2.45, 2.75) is 6.92 Å². The second-order valence-electron chi connectivity index (χ2n) is 1.22. The number of halogens is 3. The van der Waals surface area contributed by atoms with Crippen LogP contribution in [0.4, 0.5) is 0 Å². The van der Waals surface area contributed by atoms with Gasteiger partial charge in [-0.05, 0) is 6.92 Å². The van der Waals surface area contributed by atoms with Gasteiger partial charge in [-0.25, -0.2) is 4.79 Å². The molecule has 68 valence electrons. The molecule has 6 heteroatoms. The van der Waals surface area contributed by atoms with Crippen LogP contribution in [-0.4, -0.2) is 28.4 Å². The van der Waals surface area contributed by atoms with Gasteiger partial charge in [0.2, 0.25) is 0 Å². The molecular weight excluding hydrogens is 237 g/mol. The van der Waals surface area contributed by atoms with Crippen LogP contribution >= 0.6 is 0 Å². The summed E-state index contributed by atoms with van der Waals surface area (Å²) in [5.41, 5.74) is 0. The minimum atomic E-state index is -0.914. The van der Waals surface area contributed by atoms with Gasteiger partial charge in [-0.3, -0.25) is 0 Å². The van der Waals surface area contributed by atoms with Gasteiger partial charge in [0.1, 0.15) is 0 Å². The Hall–Kier alpha value is 0.352. The summed E-state index contributed by atoms with van der Waals surface area (Å²) in [5.74, 6) is -0.914. The van der Waals surface area contributed by atoms with Crippen LogP contribution in [0.15, 0.2) is 24.3 Å². The molecule has 0 saturated heterocycles. The Morgan fingerprint density at radius 3 is 1.83 bits per heavy atom. The molecule has 0 aliphatic heterocycles. The SMILES string of the molecule is C/C=C/C=C/C(=O)O.[Al+3].[Cl-].[Cl-].[Cl-]. The summed E-state index contributed by atoms with van der Waals surface area (Å²) in [6, 6.07) is 0. The molecule has 0 atom stereocenters. The van der Waals surface area contributed by atoms with Gasteiger partial charge in [-0.2, -0.15) is 0 Å². The van der Waals surface area contributed by atoms with E-state index in [1.54, 1.807) is 12.2 Å². The zero-order chi connectivity index (χ0) is 6.41. The summed E-state index contributed by atoms with van der Waals surface area (Å²) in [6.45, 7) is 1.83. The molecule has 0 rings (SSSR count). The van der Waals surface area contributed by atoms with E-state index in [0.29, 0.717) is 0 Å². The number of hydrogen-bond acceptors (Lipinski definition) is 1. The van der Waals surface area contributed by atoms with Crippen molar-refractivity contribution < 1.29 is 47.1 Å². The van der Waals surface area contributed by atoms with Crippen LogP contribution in [0.2, 0.25) is 0 Å². The molecule has 0 aromatic rings. The topological polar surface area (TPSA) is 37.3 Å². The van der Waals surface area contributed by atoms with Crippen molar-refractivity contribution >= 4 is 23.3 Å². The molecule has 0 saturated carbocycles. The Balaban J connectivity index is -0.0000000408. The predicted molar refractivity (Wildman–Crippen MR) is 37.3 cm³/mol. The molecular formula is C6H8AlCl3O2. The van der Waals surface area contributed by atoms with Crippen LogP contribution in [0.5, 0.6) is 0 Å². The minimum Gasteiger partial charge on any atom is -1.00 e. The fourth-order valence-corrected chi connectivity index (χ4v) is 0.249. The van der Waals surface area contributed by atoms with Crippen molar-refractivity contribution in [2.24, 2.45) is 0 Å². The number of aliphatic carboxylic acids is 1. The molecule has 0 fully saturated rings. The number of rotatable bonds is 2. The Bertz CT molecular complexity index is 137.